The Morgan fingerprint density at radius 3 is 2.43 bits per heavy atom. The highest BCUT2D eigenvalue weighted by Crippen LogP contribution is 2.59. The standard InChI is InChI=1S/C30H34F2N3O5PS/c1-29(2,3)26(34-25(36)16-13-20-11-14-22(15-12-20)30(31,32)41(38,39)40)28(37)35-17-7-10-24(35)27-33-19-23(42-27)18-21-8-5-4-6-9-21/h4-6,8-9,11-16,19,24,26H,7,10,17-18H2,1-3H3,(H,34,36)(H2,38,39,40)/b16-13+/t24-,26+/m0/s1. The van der Waals surface area contributed by atoms with Crippen molar-refractivity contribution in [2.75, 3.05) is 6.54 Å². The third-order valence-corrected chi connectivity index (χ3v) is 9.15. The zero-order valence-electron chi connectivity index (χ0n) is 23.5. The van der Waals surface area contributed by atoms with E-state index in [2.05, 4.69) is 22.4 Å². The minimum absolute atomic E-state index is 0.172. The molecule has 0 aliphatic carbocycles. The molecule has 2 atom stereocenters. The average molecular weight is 618 g/mol. The number of nitrogens with one attached hydrogen (secondary N) is 1. The topological polar surface area (TPSA) is 120 Å². The van der Waals surface area contributed by atoms with Crippen LogP contribution < -0.4 is 5.32 Å². The number of nitrogens with zero attached hydrogens (tertiary/aromatic N) is 2. The van der Waals surface area contributed by atoms with E-state index in [4.69, 9.17) is 9.79 Å². The summed E-state index contributed by atoms with van der Waals surface area (Å²) in [5, 5.41) is 3.69. The molecule has 1 fully saturated rings. The van der Waals surface area contributed by atoms with Gasteiger partial charge in [0.15, 0.2) is 0 Å². The van der Waals surface area contributed by atoms with Gasteiger partial charge in [-0.25, -0.2) is 4.98 Å². The highest BCUT2D eigenvalue weighted by atomic mass is 32.1. The van der Waals surface area contributed by atoms with Crippen molar-refractivity contribution in [3.63, 3.8) is 0 Å². The van der Waals surface area contributed by atoms with Crippen LogP contribution in [-0.4, -0.2) is 44.1 Å². The summed E-state index contributed by atoms with van der Waals surface area (Å²) in [5.74, 6) is -0.737. The molecule has 0 unspecified atom stereocenters. The molecule has 3 aromatic rings. The summed E-state index contributed by atoms with van der Waals surface area (Å²) in [6.07, 6.45) is 6.81. The number of aromatic nitrogens is 1. The van der Waals surface area contributed by atoms with Crippen molar-refractivity contribution in [1.29, 1.82) is 0 Å². The smallest absolute Gasteiger partial charge is 0.340 e. The van der Waals surface area contributed by atoms with Crippen molar-refractivity contribution >= 4 is 36.8 Å². The zero-order valence-corrected chi connectivity index (χ0v) is 25.2. The summed E-state index contributed by atoms with van der Waals surface area (Å²) in [7, 11) is -5.68. The van der Waals surface area contributed by atoms with Gasteiger partial charge in [0.05, 0.1) is 6.04 Å². The molecule has 1 aliphatic heterocycles. The molecule has 1 aromatic heterocycles. The maximum Gasteiger partial charge on any atom is 0.399 e. The SMILES string of the molecule is CC(C)(C)[C@H](NC(=O)/C=C/c1ccc(C(F)(F)P(=O)(O)O)cc1)C(=O)N1CCC[C@H]1c1ncc(Cc2ccccc2)s1. The Labute approximate surface area is 247 Å². The van der Waals surface area contributed by atoms with Gasteiger partial charge < -0.3 is 20.0 Å². The van der Waals surface area contributed by atoms with Crippen LogP contribution in [0.25, 0.3) is 6.08 Å². The normalized spacial score (nSPS) is 17.0. The molecule has 0 spiro atoms. The summed E-state index contributed by atoms with van der Waals surface area (Å²) in [4.78, 5) is 52.1. The molecular weight excluding hydrogens is 583 g/mol. The molecular formula is C30H34F2N3O5PS. The monoisotopic (exact) mass is 617 g/mol. The molecule has 42 heavy (non-hydrogen) atoms. The van der Waals surface area contributed by atoms with E-state index >= 15 is 0 Å². The number of thiazole rings is 1. The fourth-order valence-electron chi connectivity index (χ4n) is 4.78. The number of carbonyl (C=O) groups excluding carboxylic acids is 2. The number of amides is 2. The van der Waals surface area contributed by atoms with Gasteiger partial charge in [0.25, 0.3) is 0 Å². The van der Waals surface area contributed by atoms with Gasteiger partial charge in [0, 0.05) is 35.7 Å². The van der Waals surface area contributed by atoms with E-state index in [1.807, 2.05) is 45.2 Å². The van der Waals surface area contributed by atoms with Crippen molar-refractivity contribution < 1.29 is 32.7 Å². The van der Waals surface area contributed by atoms with Crippen LogP contribution in [0.3, 0.4) is 0 Å². The number of hydrogen-bond donors (Lipinski definition) is 3. The molecule has 0 saturated carbocycles. The first kappa shape index (κ1) is 31.7. The summed E-state index contributed by atoms with van der Waals surface area (Å²) in [6.45, 7) is 6.16. The van der Waals surface area contributed by atoms with Crippen LogP contribution >= 0.6 is 18.9 Å². The third-order valence-electron chi connectivity index (χ3n) is 7.06. The molecule has 2 heterocycles. The summed E-state index contributed by atoms with van der Waals surface area (Å²) in [6, 6.07) is 13.3. The Kier molecular flexibility index (Phi) is 9.47. The second-order valence-corrected chi connectivity index (χ2v) is 14.2. The number of halogens is 2. The number of alkyl halides is 2. The van der Waals surface area contributed by atoms with Gasteiger partial charge in [-0.1, -0.05) is 75.4 Å². The van der Waals surface area contributed by atoms with Gasteiger partial charge >= 0.3 is 13.3 Å². The second-order valence-electron chi connectivity index (χ2n) is 11.4. The Hall–Kier alpha value is -3.24. The quantitative estimate of drug-likeness (QED) is 0.204. The number of likely N-dealkylation sites (tertiary alicyclic amines) is 1. The molecule has 224 valence electrons. The Morgan fingerprint density at radius 2 is 1.81 bits per heavy atom. The minimum atomic E-state index is -5.68. The van der Waals surface area contributed by atoms with E-state index in [0.29, 0.717) is 12.1 Å². The van der Waals surface area contributed by atoms with Crippen molar-refractivity contribution in [2.24, 2.45) is 5.41 Å². The highest BCUT2D eigenvalue weighted by Gasteiger charge is 2.50. The van der Waals surface area contributed by atoms with Crippen LogP contribution in [0.15, 0.2) is 66.9 Å². The lowest BCUT2D eigenvalue weighted by Gasteiger charge is -2.35. The number of carbonyl (C=O) groups is 2. The lowest BCUT2D eigenvalue weighted by molar-refractivity contribution is -0.139. The van der Waals surface area contributed by atoms with Crippen molar-refractivity contribution in [3.8, 4) is 0 Å². The van der Waals surface area contributed by atoms with E-state index in [1.165, 1.54) is 29.8 Å². The van der Waals surface area contributed by atoms with Crippen LogP contribution in [0, 0.1) is 5.41 Å². The van der Waals surface area contributed by atoms with Gasteiger partial charge in [-0.2, -0.15) is 8.78 Å². The Bertz CT molecular complexity index is 1480. The number of benzene rings is 2. The third kappa shape index (κ3) is 7.39. The molecule has 12 heteroatoms. The van der Waals surface area contributed by atoms with Crippen molar-refractivity contribution in [3.05, 3.63) is 93.4 Å². The molecule has 4 rings (SSSR count). The number of rotatable bonds is 9. The van der Waals surface area contributed by atoms with Crippen molar-refractivity contribution in [2.45, 2.75) is 57.8 Å². The summed E-state index contributed by atoms with van der Waals surface area (Å²) < 4.78 is 38.9. The lowest BCUT2D eigenvalue weighted by atomic mass is 9.85. The Balaban J connectivity index is 1.44. The Morgan fingerprint density at radius 1 is 1.14 bits per heavy atom. The van der Waals surface area contributed by atoms with E-state index in [-0.39, 0.29) is 11.9 Å². The largest absolute Gasteiger partial charge is 0.399 e. The average Bonchev–Trinajstić information content (AvgIpc) is 3.59. The molecule has 2 amide bonds. The first-order chi connectivity index (χ1) is 19.7. The summed E-state index contributed by atoms with van der Waals surface area (Å²) >= 11 is 1.59. The predicted octanol–water partition coefficient (Wildman–Crippen LogP) is 5.87. The second kappa shape index (κ2) is 12.6. The van der Waals surface area contributed by atoms with Gasteiger partial charge in [-0.05, 0) is 35.5 Å². The van der Waals surface area contributed by atoms with Gasteiger partial charge in [0.1, 0.15) is 11.0 Å². The fourth-order valence-corrected chi connectivity index (χ4v) is 6.37. The predicted molar refractivity (Wildman–Crippen MR) is 158 cm³/mol. The molecule has 2 aromatic carbocycles. The lowest BCUT2D eigenvalue weighted by Crippen LogP contribution is -2.54. The van der Waals surface area contributed by atoms with E-state index < -0.39 is 36.2 Å². The van der Waals surface area contributed by atoms with Gasteiger partial charge in [0.2, 0.25) is 11.8 Å². The molecule has 0 radical (unpaired) electrons. The molecule has 8 nitrogen and oxygen atoms in total. The van der Waals surface area contributed by atoms with Crippen LogP contribution in [0.5, 0.6) is 0 Å². The molecule has 0 bridgehead atoms. The van der Waals surface area contributed by atoms with Gasteiger partial charge in [-0.3, -0.25) is 14.2 Å². The van der Waals surface area contributed by atoms with Gasteiger partial charge in [-0.15, -0.1) is 11.3 Å². The molecule has 1 saturated heterocycles. The molecule has 3 N–H and O–H groups in total. The summed E-state index contributed by atoms with van der Waals surface area (Å²) in [5.41, 5.74) is -4.20. The fraction of sp³-hybridized carbons (Fsp3) is 0.367. The van der Waals surface area contributed by atoms with E-state index in [1.54, 1.807) is 16.2 Å². The maximum absolute atomic E-state index is 13.9. The number of hydrogen-bond acceptors (Lipinski definition) is 5. The highest BCUT2D eigenvalue weighted by molar-refractivity contribution is 7.52. The van der Waals surface area contributed by atoms with Crippen molar-refractivity contribution in [1.82, 2.24) is 15.2 Å². The van der Waals surface area contributed by atoms with Crippen LogP contribution in [0.4, 0.5) is 8.78 Å². The first-order valence-electron chi connectivity index (χ1n) is 13.5. The minimum Gasteiger partial charge on any atom is -0.340 e. The van der Waals surface area contributed by atoms with Crippen LogP contribution in [0.1, 0.15) is 66.2 Å². The molecule has 1 aliphatic rings. The van der Waals surface area contributed by atoms with E-state index in [9.17, 15) is 22.9 Å². The van der Waals surface area contributed by atoms with Crippen LogP contribution in [0.2, 0.25) is 0 Å². The first-order valence-corrected chi connectivity index (χ1v) is 15.9. The zero-order chi connectivity index (χ0) is 30.7. The van der Waals surface area contributed by atoms with Crippen LogP contribution in [-0.2, 0) is 26.2 Å². The maximum atomic E-state index is 13.9. The van der Waals surface area contributed by atoms with E-state index in [0.717, 1.165) is 41.3 Å².